The van der Waals surface area contributed by atoms with Crippen molar-refractivity contribution in [3.8, 4) is 0 Å². The van der Waals surface area contributed by atoms with Crippen molar-refractivity contribution in [2.75, 3.05) is 39.5 Å². The Morgan fingerprint density at radius 2 is 1.22 bits per heavy atom. The SMILES string of the molecule is CCO[Si](CCCNC(=O)NCCC(C)NC(=O)NCCC[Si](C)(C)C)(OCC)OCC. The summed E-state index contributed by atoms with van der Waals surface area (Å²) in [5.41, 5.74) is 0. The van der Waals surface area contributed by atoms with Gasteiger partial charge >= 0.3 is 20.9 Å². The van der Waals surface area contributed by atoms with E-state index >= 15 is 0 Å². The maximum absolute atomic E-state index is 12.0. The zero-order valence-corrected chi connectivity index (χ0v) is 23.4. The van der Waals surface area contributed by atoms with E-state index in [1.807, 2.05) is 27.7 Å². The Kier molecular flexibility index (Phi) is 16.7. The highest BCUT2D eigenvalue weighted by atomic mass is 28.4. The molecule has 0 aliphatic carbocycles. The van der Waals surface area contributed by atoms with E-state index in [4.69, 9.17) is 13.3 Å². The zero-order chi connectivity index (χ0) is 24.5. The molecule has 11 heteroatoms. The van der Waals surface area contributed by atoms with E-state index in [2.05, 4.69) is 40.9 Å². The van der Waals surface area contributed by atoms with Crippen molar-refractivity contribution in [1.82, 2.24) is 21.3 Å². The molecule has 1 unspecified atom stereocenters. The van der Waals surface area contributed by atoms with Crippen LogP contribution in [-0.4, -0.2) is 74.4 Å². The number of urea groups is 2. The highest BCUT2D eigenvalue weighted by molar-refractivity contribution is 6.76. The first kappa shape index (κ1) is 30.9. The van der Waals surface area contributed by atoms with E-state index in [0.717, 1.165) is 12.8 Å². The molecule has 9 nitrogen and oxygen atoms in total. The summed E-state index contributed by atoms with van der Waals surface area (Å²) < 4.78 is 17.4. The summed E-state index contributed by atoms with van der Waals surface area (Å²) >= 11 is 0. The van der Waals surface area contributed by atoms with Gasteiger partial charge in [-0.2, -0.15) is 0 Å². The number of carbonyl (C=O) groups is 2. The molecule has 0 fully saturated rings. The fourth-order valence-corrected chi connectivity index (χ4v) is 6.99. The number of carbonyl (C=O) groups excluding carboxylic acids is 2. The Hall–Kier alpha value is -1.15. The Morgan fingerprint density at radius 3 is 1.72 bits per heavy atom. The van der Waals surface area contributed by atoms with Crippen molar-refractivity contribution in [3.05, 3.63) is 0 Å². The predicted octanol–water partition coefficient (Wildman–Crippen LogP) is 3.53. The summed E-state index contributed by atoms with van der Waals surface area (Å²) in [6.07, 6.45) is 2.39. The summed E-state index contributed by atoms with van der Waals surface area (Å²) in [5, 5.41) is 11.5. The van der Waals surface area contributed by atoms with Gasteiger partial charge in [-0.15, -0.1) is 0 Å². The molecule has 0 bridgehead atoms. The van der Waals surface area contributed by atoms with Gasteiger partial charge in [-0.25, -0.2) is 9.59 Å². The quantitative estimate of drug-likeness (QED) is 0.173. The van der Waals surface area contributed by atoms with Gasteiger partial charge in [0.05, 0.1) is 0 Å². The van der Waals surface area contributed by atoms with Crippen LogP contribution >= 0.6 is 0 Å². The van der Waals surface area contributed by atoms with Crippen LogP contribution in [0.2, 0.25) is 31.7 Å². The molecule has 4 amide bonds. The number of hydrogen-bond donors (Lipinski definition) is 4. The number of rotatable bonds is 18. The lowest BCUT2D eigenvalue weighted by atomic mass is 10.2. The lowest BCUT2D eigenvalue weighted by Gasteiger charge is -2.28. The van der Waals surface area contributed by atoms with Crippen molar-refractivity contribution in [3.63, 3.8) is 0 Å². The van der Waals surface area contributed by atoms with Crippen molar-refractivity contribution in [2.24, 2.45) is 0 Å². The molecule has 0 radical (unpaired) electrons. The largest absolute Gasteiger partial charge is 0.500 e. The van der Waals surface area contributed by atoms with E-state index in [1.54, 1.807) is 0 Å². The van der Waals surface area contributed by atoms with E-state index in [1.165, 1.54) is 6.04 Å². The second-order valence-corrected chi connectivity index (χ2v) is 17.4. The molecule has 0 aromatic carbocycles. The summed E-state index contributed by atoms with van der Waals surface area (Å²) in [6, 6.07) is 1.47. The zero-order valence-electron chi connectivity index (χ0n) is 21.4. The molecule has 0 aliphatic rings. The van der Waals surface area contributed by atoms with Gasteiger partial charge in [-0.05, 0) is 47.0 Å². The Balaban J connectivity index is 3.98. The van der Waals surface area contributed by atoms with Crippen LogP contribution in [0.15, 0.2) is 0 Å². The summed E-state index contributed by atoms with van der Waals surface area (Å²) in [6.45, 7) is 18.0. The molecule has 0 rings (SSSR count). The van der Waals surface area contributed by atoms with Crippen LogP contribution in [0.25, 0.3) is 0 Å². The molecular formula is C21H48N4O5Si2. The van der Waals surface area contributed by atoms with Gasteiger partial charge in [-0.3, -0.25) is 0 Å². The maximum atomic E-state index is 12.0. The molecule has 0 aliphatic heterocycles. The van der Waals surface area contributed by atoms with Gasteiger partial charge in [0, 0.05) is 59.6 Å². The third kappa shape index (κ3) is 16.5. The summed E-state index contributed by atoms with van der Waals surface area (Å²) in [7, 11) is -3.72. The molecule has 0 aromatic heterocycles. The first-order valence-corrected chi connectivity index (χ1v) is 17.7. The fourth-order valence-electron chi connectivity index (χ4n) is 3.14. The summed E-state index contributed by atoms with van der Waals surface area (Å²) in [5.74, 6) is 0. The monoisotopic (exact) mass is 492 g/mol. The third-order valence-electron chi connectivity index (χ3n) is 4.67. The Morgan fingerprint density at radius 1 is 0.750 bits per heavy atom. The highest BCUT2D eigenvalue weighted by Crippen LogP contribution is 2.17. The Bertz CT molecular complexity index is 504. The van der Waals surface area contributed by atoms with E-state index in [9.17, 15) is 9.59 Å². The second kappa shape index (κ2) is 17.3. The minimum atomic E-state index is -2.66. The fraction of sp³-hybridized carbons (Fsp3) is 0.905. The standard InChI is InChI=1S/C21H48N4O5Si2/c1-8-28-32(29-9-2,30-10-3)18-12-15-22-20(26)24-16-13-19(4)25-21(27)23-14-11-17-31(5,6)7/h19H,8-18H2,1-7H3,(H2,22,24,26)(H2,23,25,27). The van der Waals surface area contributed by atoms with Crippen LogP contribution in [-0.2, 0) is 13.3 Å². The minimum absolute atomic E-state index is 0.0255. The number of amides is 4. The average Bonchev–Trinajstić information content (AvgIpc) is 2.68. The molecule has 32 heavy (non-hydrogen) atoms. The third-order valence-corrected chi connectivity index (χ3v) is 9.67. The molecule has 1 atom stereocenters. The van der Waals surface area contributed by atoms with Gasteiger partial charge in [0.1, 0.15) is 0 Å². The second-order valence-electron chi connectivity index (χ2n) is 9.02. The van der Waals surface area contributed by atoms with Crippen LogP contribution in [0, 0.1) is 0 Å². The van der Waals surface area contributed by atoms with Crippen LogP contribution in [0.1, 0.15) is 47.0 Å². The summed E-state index contributed by atoms with van der Waals surface area (Å²) in [4.78, 5) is 23.9. The van der Waals surface area contributed by atoms with Gasteiger partial charge in [0.25, 0.3) is 0 Å². The lowest BCUT2D eigenvalue weighted by molar-refractivity contribution is 0.0708. The molecule has 0 spiro atoms. The van der Waals surface area contributed by atoms with E-state index in [0.29, 0.717) is 51.9 Å². The van der Waals surface area contributed by atoms with E-state index in [-0.39, 0.29) is 18.1 Å². The molecule has 0 saturated carbocycles. The average molecular weight is 493 g/mol. The van der Waals surface area contributed by atoms with Gasteiger partial charge in [0.2, 0.25) is 0 Å². The molecule has 0 saturated heterocycles. The van der Waals surface area contributed by atoms with E-state index < -0.39 is 16.9 Å². The van der Waals surface area contributed by atoms with Gasteiger partial charge in [0.15, 0.2) is 0 Å². The molecular weight excluding hydrogens is 444 g/mol. The van der Waals surface area contributed by atoms with Crippen molar-refractivity contribution in [2.45, 2.75) is 84.7 Å². The topological polar surface area (TPSA) is 110 Å². The number of hydrogen-bond acceptors (Lipinski definition) is 5. The first-order chi connectivity index (χ1) is 15.1. The smallest absolute Gasteiger partial charge is 0.374 e. The maximum Gasteiger partial charge on any atom is 0.500 e. The van der Waals surface area contributed by atoms with Crippen molar-refractivity contribution in [1.29, 1.82) is 0 Å². The molecule has 0 aromatic rings. The van der Waals surface area contributed by atoms with Crippen molar-refractivity contribution >= 4 is 28.9 Å². The predicted molar refractivity (Wildman–Crippen MR) is 135 cm³/mol. The molecule has 0 heterocycles. The normalized spacial score (nSPS) is 12.8. The van der Waals surface area contributed by atoms with Gasteiger partial charge in [-0.1, -0.05) is 25.7 Å². The Labute approximate surface area is 197 Å². The van der Waals surface area contributed by atoms with Crippen molar-refractivity contribution < 1.29 is 22.9 Å². The van der Waals surface area contributed by atoms with Crippen LogP contribution in [0.5, 0.6) is 0 Å². The first-order valence-electron chi connectivity index (χ1n) is 12.1. The highest BCUT2D eigenvalue weighted by Gasteiger charge is 2.39. The van der Waals surface area contributed by atoms with Crippen LogP contribution in [0.4, 0.5) is 9.59 Å². The lowest BCUT2D eigenvalue weighted by Crippen LogP contribution is -2.47. The minimum Gasteiger partial charge on any atom is -0.374 e. The molecule has 190 valence electrons. The van der Waals surface area contributed by atoms with Crippen LogP contribution < -0.4 is 21.3 Å². The van der Waals surface area contributed by atoms with Crippen LogP contribution in [0.3, 0.4) is 0 Å². The van der Waals surface area contributed by atoms with Gasteiger partial charge < -0.3 is 34.5 Å². The number of nitrogens with one attached hydrogen (secondary N) is 4. The molecule has 4 N–H and O–H groups in total.